The molecule has 228 valence electrons. The van der Waals surface area contributed by atoms with E-state index in [9.17, 15) is 14.0 Å². The summed E-state index contributed by atoms with van der Waals surface area (Å²) in [6.07, 6.45) is 3.97. The van der Waals surface area contributed by atoms with Crippen LogP contribution >= 0.6 is 0 Å². The Kier molecular flexibility index (Phi) is 8.11. The van der Waals surface area contributed by atoms with Crippen LogP contribution in [0.5, 0.6) is 0 Å². The lowest BCUT2D eigenvalue weighted by Gasteiger charge is -2.39. The first-order chi connectivity index (χ1) is 21.2. The molecule has 0 spiro atoms. The largest absolute Gasteiger partial charge is 0.448 e. The van der Waals surface area contributed by atoms with E-state index in [2.05, 4.69) is 20.3 Å². The van der Waals surface area contributed by atoms with Crippen LogP contribution in [-0.4, -0.2) is 50.6 Å². The fourth-order valence-corrected chi connectivity index (χ4v) is 5.42. The maximum absolute atomic E-state index is 13.8. The summed E-state index contributed by atoms with van der Waals surface area (Å²) in [5.41, 5.74) is 6.26. The van der Waals surface area contributed by atoms with E-state index in [4.69, 9.17) is 24.9 Å². The minimum absolute atomic E-state index is 0.0358. The lowest BCUT2D eigenvalue weighted by molar-refractivity contribution is -0.243. The van der Waals surface area contributed by atoms with Crippen LogP contribution in [0.3, 0.4) is 0 Å². The van der Waals surface area contributed by atoms with Crippen molar-refractivity contribution in [2.24, 2.45) is 11.1 Å². The third kappa shape index (κ3) is 6.03. The van der Waals surface area contributed by atoms with Gasteiger partial charge in [-0.05, 0) is 75.1 Å². The predicted molar refractivity (Wildman–Crippen MR) is 159 cm³/mol. The lowest BCUT2D eigenvalue weighted by Crippen LogP contribution is -2.53. The predicted octanol–water partition coefficient (Wildman–Crippen LogP) is 5.20. The zero-order valence-electron chi connectivity index (χ0n) is 24.2. The van der Waals surface area contributed by atoms with Crippen molar-refractivity contribution in [1.82, 2.24) is 19.9 Å². The van der Waals surface area contributed by atoms with Crippen LogP contribution in [0, 0.1) is 11.2 Å². The van der Waals surface area contributed by atoms with Gasteiger partial charge in [0.05, 0.1) is 30.3 Å². The number of amides is 1. The Bertz CT molecular complexity index is 1630. The first kappa shape index (κ1) is 29.4. The summed E-state index contributed by atoms with van der Waals surface area (Å²) in [5, 5.41) is 3.18. The van der Waals surface area contributed by atoms with Gasteiger partial charge in [0.2, 0.25) is 12.2 Å². The molecular weight excluding hydrogens is 567 g/mol. The van der Waals surface area contributed by atoms with E-state index >= 15 is 0 Å². The molecule has 3 heterocycles. The van der Waals surface area contributed by atoms with Crippen molar-refractivity contribution in [2.45, 2.75) is 50.9 Å². The second kappa shape index (κ2) is 12.1. The van der Waals surface area contributed by atoms with Crippen molar-refractivity contribution in [1.29, 1.82) is 0 Å². The van der Waals surface area contributed by atoms with Gasteiger partial charge < -0.3 is 30.2 Å². The fourth-order valence-electron chi connectivity index (χ4n) is 5.42. The van der Waals surface area contributed by atoms with Crippen molar-refractivity contribution in [3.8, 4) is 22.6 Å². The van der Waals surface area contributed by atoms with Crippen LogP contribution in [0.1, 0.15) is 51.1 Å². The first-order valence-corrected chi connectivity index (χ1v) is 14.5. The number of benzene rings is 2. The van der Waals surface area contributed by atoms with Gasteiger partial charge in [-0.3, -0.25) is 9.59 Å². The maximum atomic E-state index is 13.8. The molecule has 0 atom stereocenters. The molecule has 0 bridgehead atoms. The maximum Gasteiger partial charge on any atom is 0.317 e. The van der Waals surface area contributed by atoms with Gasteiger partial charge in [0.25, 0.3) is 5.91 Å². The second-order valence-electron chi connectivity index (χ2n) is 11.4. The number of esters is 1. The Hall–Kier alpha value is -4.68. The third-order valence-electron chi connectivity index (χ3n) is 8.00. The topological polar surface area (TPSA) is 154 Å². The molecule has 11 nitrogen and oxygen atoms in total. The first-order valence-electron chi connectivity index (χ1n) is 14.5. The number of hydrogen-bond donors (Lipinski definition) is 3. The number of carbonyl (C=O) groups excluding carboxylic acids is 2. The monoisotopic (exact) mass is 600 g/mol. The molecule has 2 aliphatic rings. The molecule has 1 saturated carbocycles. The Balaban J connectivity index is 1.24. The number of hydrogen-bond acceptors (Lipinski definition) is 9. The standard InChI is InChI=1S/C32H33FN6O5/c1-31(29(41)44-32(28(34)40)15-6-3-7-16-32)18-42-27(43-19-31)26-38-24(20-10-12-21(33)13-11-20)25(39-26)23-14-17-35-30(37-23)36-22-8-4-2-5-9-22/h2,4-5,8-14,17,27H,3,6-7,15-16,18-19H2,1H3,(H2,34,40)(H,38,39)(H,35,36,37). The number of H-pyrrole nitrogens is 1. The van der Waals surface area contributed by atoms with Gasteiger partial charge in [0, 0.05) is 17.4 Å². The average Bonchev–Trinajstić information content (AvgIpc) is 3.48. The summed E-state index contributed by atoms with van der Waals surface area (Å²) in [7, 11) is 0. The van der Waals surface area contributed by atoms with Crippen LogP contribution in [-0.2, 0) is 23.8 Å². The summed E-state index contributed by atoms with van der Waals surface area (Å²) in [6.45, 7) is 1.60. The van der Waals surface area contributed by atoms with Gasteiger partial charge in [-0.1, -0.05) is 24.6 Å². The van der Waals surface area contributed by atoms with E-state index in [0.717, 1.165) is 24.9 Å². The number of primary amides is 1. The number of aromatic nitrogens is 4. The number of rotatable bonds is 8. The molecular formula is C32H33FN6O5. The van der Waals surface area contributed by atoms with Gasteiger partial charge in [-0.2, -0.15) is 0 Å². The molecule has 4 N–H and O–H groups in total. The average molecular weight is 601 g/mol. The molecule has 1 aliphatic heterocycles. The molecule has 44 heavy (non-hydrogen) atoms. The number of aromatic amines is 1. The minimum Gasteiger partial charge on any atom is -0.448 e. The quantitative estimate of drug-likeness (QED) is 0.232. The second-order valence-corrected chi connectivity index (χ2v) is 11.4. The lowest BCUT2D eigenvalue weighted by atomic mass is 9.83. The molecule has 1 saturated heterocycles. The Labute approximate surface area is 253 Å². The van der Waals surface area contributed by atoms with Gasteiger partial charge in [-0.25, -0.2) is 19.3 Å². The van der Waals surface area contributed by atoms with Crippen molar-refractivity contribution in [3.05, 3.63) is 78.5 Å². The van der Waals surface area contributed by atoms with E-state index in [0.29, 0.717) is 47.3 Å². The van der Waals surface area contributed by atoms with Crippen LogP contribution in [0.25, 0.3) is 22.6 Å². The number of ether oxygens (including phenoxy) is 3. The molecule has 2 fully saturated rings. The number of anilines is 2. The van der Waals surface area contributed by atoms with Gasteiger partial charge >= 0.3 is 5.97 Å². The molecule has 2 aromatic carbocycles. The minimum atomic E-state index is -1.30. The number of nitrogens with zero attached hydrogens (tertiary/aromatic N) is 3. The molecule has 12 heteroatoms. The summed E-state index contributed by atoms with van der Waals surface area (Å²) < 4.78 is 31.6. The fraction of sp³-hybridized carbons (Fsp3) is 0.344. The van der Waals surface area contributed by atoms with Crippen molar-refractivity contribution >= 4 is 23.5 Å². The normalized spacial score (nSPS) is 21.4. The van der Waals surface area contributed by atoms with Gasteiger partial charge in [0.1, 0.15) is 11.2 Å². The molecule has 0 radical (unpaired) electrons. The van der Waals surface area contributed by atoms with E-state index in [1.165, 1.54) is 12.1 Å². The van der Waals surface area contributed by atoms with Crippen LogP contribution < -0.4 is 11.1 Å². The van der Waals surface area contributed by atoms with Crippen LogP contribution in [0.15, 0.2) is 66.9 Å². The summed E-state index contributed by atoms with van der Waals surface area (Å²) in [6, 6.07) is 17.2. The highest BCUT2D eigenvalue weighted by molar-refractivity contribution is 5.88. The summed E-state index contributed by atoms with van der Waals surface area (Å²) in [4.78, 5) is 42.6. The summed E-state index contributed by atoms with van der Waals surface area (Å²) >= 11 is 0. The highest BCUT2D eigenvalue weighted by Gasteiger charge is 2.48. The molecule has 1 amide bonds. The number of nitrogens with one attached hydrogen (secondary N) is 2. The zero-order chi connectivity index (χ0) is 30.7. The number of nitrogens with two attached hydrogens (primary N) is 1. The molecule has 4 aromatic rings. The van der Waals surface area contributed by atoms with E-state index in [1.54, 1.807) is 31.3 Å². The summed E-state index contributed by atoms with van der Waals surface area (Å²) in [5.74, 6) is -0.886. The highest BCUT2D eigenvalue weighted by Crippen LogP contribution is 2.38. The Morgan fingerprint density at radius 1 is 1.00 bits per heavy atom. The smallest absolute Gasteiger partial charge is 0.317 e. The number of para-hydroxylation sites is 1. The van der Waals surface area contributed by atoms with Crippen molar-refractivity contribution in [2.75, 3.05) is 18.5 Å². The zero-order valence-corrected chi connectivity index (χ0v) is 24.2. The molecule has 2 aromatic heterocycles. The SMILES string of the molecule is CC1(C(=O)OC2(C(N)=O)CCCCC2)COC(c2nc(-c3ccc(F)cc3)c(-c3ccnc(Nc4ccccc4)n3)[nH]2)OC1. The number of halogens is 1. The van der Waals surface area contributed by atoms with E-state index < -0.39 is 29.2 Å². The van der Waals surface area contributed by atoms with E-state index in [1.807, 2.05) is 30.3 Å². The molecule has 6 rings (SSSR count). The number of imidazole rings is 1. The third-order valence-corrected chi connectivity index (χ3v) is 8.00. The Morgan fingerprint density at radius 2 is 1.70 bits per heavy atom. The van der Waals surface area contributed by atoms with Gasteiger partial charge in [0.15, 0.2) is 11.4 Å². The Morgan fingerprint density at radius 3 is 2.39 bits per heavy atom. The molecule has 1 aliphatic carbocycles. The van der Waals surface area contributed by atoms with Gasteiger partial charge in [-0.15, -0.1) is 0 Å². The number of carbonyl (C=O) groups is 2. The van der Waals surface area contributed by atoms with Crippen LogP contribution in [0.4, 0.5) is 16.0 Å². The van der Waals surface area contributed by atoms with E-state index in [-0.39, 0.29) is 19.0 Å². The highest BCUT2D eigenvalue weighted by atomic mass is 19.1. The van der Waals surface area contributed by atoms with Crippen molar-refractivity contribution < 1.29 is 28.2 Å². The van der Waals surface area contributed by atoms with Crippen LogP contribution in [0.2, 0.25) is 0 Å². The van der Waals surface area contributed by atoms with Crippen molar-refractivity contribution in [3.63, 3.8) is 0 Å². The molecule has 0 unspecified atom stereocenters.